The molecule has 0 aliphatic carbocycles. The molecular weight excluding hydrogens is 360 g/mol. The largest absolute Gasteiger partial charge is 0.336 e. The number of piperazine rings is 1. The molecule has 1 saturated heterocycles. The molecule has 3 rings (SSSR count). The summed E-state index contributed by atoms with van der Waals surface area (Å²) in [4.78, 5) is 15.8. The summed E-state index contributed by atoms with van der Waals surface area (Å²) in [6.07, 6.45) is 4.01. The van der Waals surface area contributed by atoms with Crippen molar-refractivity contribution in [3.05, 3.63) is 76.9 Å². The number of hydrogen-bond donors (Lipinski definition) is 0. The van der Waals surface area contributed by atoms with Gasteiger partial charge in [0.2, 0.25) is 0 Å². The van der Waals surface area contributed by atoms with Gasteiger partial charge in [0.05, 0.1) is 5.56 Å². The minimum atomic E-state index is -1.97. The predicted molar refractivity (Wildman–Crippen MR) is 94.1 cm³/mol. The Bertz CT molecular complexity index is 847. The van der Waals surface area contributed by atoms with Crippen molar-refractivity contribution in [2.45, 2.75) is 0 Å². The molecular formula is C20H18F4N2O. The van der Waals surface area contributed by atoms with Crippen LogP contribution < -0.4 is 0 Å². The Morgan fingerprint density at radius 1 is 0.926 bits per heavy atom. The Labute approximate surface area is 154 Å². The standard InChI is InChI=1S/C20H18F4N2O/c21-16-13-15(17(22)19(24)18(16)23)20(27)26-11-9-25(10-12-26)8-4-7-14-5-2-1-3-6-14/h1-7,13H,8-12H2/b7-4+. The lowest BCUT2D eigenvalue weighted by Crippen LogP contribution is -2.48. The molecule has 0 unspecified atom stereocenters. The van der Waals surface area contributed by atoms with Crippen molar-refractivity contribution in [2.24, 2.45) is 0 Å². The van der Waals surface area contributed by atoms with Crippen molar-refractivity contribution >= 4 is 12.0 Å². The fourth-order valence-electron chi connectivity index (χ4n) is 2.93. The van der Waals surface area contributed by atoms with Gasteiger partial charge in [-0.15, -0.1) is 0 Å². The summed E-state index contributed by atoms with van der Waals surface area (Å²) in [5, 5.41) is 0. The van der Waals surface area contributed by atoms with Crippen molar-refractivity contribution in [1.29, 1.82) is 0 Å². The Morgan fingerprint density at radius 2 is 1.59 bits per heavy atom. The average molecular weight is 378 g/mol. The van der Waals surface area contributed by atoms with Gasteiger partial charge in [0.1, 0.15) is 0 Å². The maximum Gasteiger partial charge on any atom is 0.257 e. The van der Waals surface area contributed by atoms with E-state index in [2.05, 4.69) is 4.90 Å². The van der Waals surface area contributed by atoms with Gasteiger partial charge in [0, 0.05) is 32.7 Å². The highest BCUT2D eigenvalue weighted by Gasteiger charge is 2.28. The highest BCUT2D eigenvalue weighted by molar-refractivity contribution is 5.94. The fraction of sp³-hybridized carbons (Fsp3) is 0.250. The quantitative estimate of drug-likeness (QED) is 0.460. The van der Waals surface area contributed by atoms with Gasteiger partial charge in [0.25, 0.3) is 5.91 Å². The molecule has 3 nitrogen and oxygen atoms in total. The summed E-state index contributed by atoms with van der Waals surface area (Å²) in [5.41, 5.74) is 0.297. The molecule has 7 heteroatoms. The van der Waals surface area contributed by atoms with E-state index in [4.69, 9.17) is 0 Å². The lowest BCUT2D eigenvalue weighted by molar-refractivity contribution is 0.0643. The van der Waals surface area contributed by atoms with Crippen LogP contribution in [0.4, 0.5) is 17.6 Å². The van der Waals surface area contributed by atoms with E-state index >= 15 is 0 Å². The summed E-state index contributed by atoms with van der Waals surface area (Å²) in [7, 11) is 0. The van der Waals surface area contributed by atoms with E-state index < -0.39 is 34.7 Å². The van der Waals surface area contributed by atoms with Crippen LogP contribution in [0, 0.1) is 23.3 Å². The van der Waals surface area contributed by atoms with Crippen LogP contribution in [0.3, 0.4) is 0 Å². The number of carbonyl (C=O) groups excluding carboxylic acids is 1. The van der Waals surface area contributed by atoms with Gasteiger partial charge >= 0.3 is 0 Å². The number of rotatable bonds is 4. The SMILES string of the molecule is O=C(c1cc(F)c(F)c(F)c1F)N1CCN(C/C=C/c2ccccc2)CC1. The topological polar surface area (TPSA) is 23.6 Å². The first-order valence-electron chi connectivity index (χ1n) is 8.53. The number of halogens is 4. The maximum atomic E-state index is 13.8. The van der Waals surface area contributed by atoms with Crippen molar-refractivity contribution in [2.75, 3.05) is 32.7 Å². The van der Waals surface area contributed by atoms with E-state index in [1.54, 1.807) is 0 Å². The molecule has 1 heterocycles. The summed E-state index contributed by atoms with van der Waals surface area (Å²) in [5.74, 6) is -7.97. The molecule has 1 aliphatic heterocycles. The number of benzene rings is 2. The fourth-order valence-corrected chi connectivity index (χ4v) is 2.93. The van der Waals surface area contributed by atoms with E-state index in [1.165, 1.54) is 4.90 Å². The summed E-state index contributed by atoms with van der Waals surface area (Å²) in [6.45, 7) is 2.35. The Hall–Kier alpha value is -2.67. The van der Waals surface area contributed by atoms with Crippen LogP contribution in [0.25, 0.3) is 6.08 Å². The van der Waals surface area contributed by atoms with Gasteiger partial charge < -0.3 is 4.90 Å². The molecule has 0 aromatic heterocycles. The van der Waals surface area contributed by atoms with Crippen LogP contribution in [0.15, 0.2) is 42.5 Å². The third kappa shape index (κ3) is 4.36. The van der Waals surface area contributed by atoms with E-state index in [1.807, 2.05) is 42.5 Å². The van der Waals surface area contributed by atoms with E-state index in [-0.39, 0.29) is 13.1 Å². The van der Waals surface area contributed by atoms with Crippen molar-refractivity contribution < 1.29 is 22.4 Å². The minimum Gasteiger partial charge on any atom is -0.336 e. The van der Waals surface area contributed by atoms with Gasteiger partial charge in [-0.1, -0.05) is 42.5 Å². The smallest absolute Gasteiger partial charge is 0.257 e. The van der Waals surface area contributed by atoms with Crippen LogP contribution >= 0.6 is 0 Å². The Balaban J connectivity index is 1.58. The van der Waals surface area contributed by atoms with Crippen LogP contribution in [0.5, 0.6) is 0 Å². The van der Waals surface area contributed by atoms with Gasteiger partial charge in [-0.2, -0.15) is 0 Å². The summed E-state index contributed by atoms with van der Waals surface area (Å²) < 4.78 is 53.5. The zero-order valence-electron chi connectivity index (χ0n) is 14.5. The summed E-state index contributed by atoms with van der Waals surface area (Å²) in [6, 6.07) is 10.2. The molecule has 2 aromatic carbocycles. The number of amides is 1. The lowest BCUT2D eigenvalue weighted by Gasteiger charge is -2.34. The van der Waals surface area contributed by atoms with E-state index in [0.29, 0.717) is 25.7 Å². The van der Waals surface area contributed by atoms with Gasteiger partial charge in [-0.3, -0.25) is 9.69 Å². The molecule has 1 fully saturated rings. The van der Waals surface area contributed by atoms with Gasteiger partial charge in [-0.05, 0) is 11.6 Å². The molecule has 0 spiro atoms. The first-order chi connectivity index (χ1) is 13.0. The van der Waals surface area contributed by atoms with Crippen molar-refractivity contribution in [3.63, 3.8) is 0 Å². The highest BCUT2D eigenvalue weighted by Crippen LogP contribution is 2.20. The van der Waals surface area contributed by atoms with Crippen LogP contribution in [0.1, 0.15) is 15.9 Å². The zero-order chi connectivity index (χ0) is 19.4. The van der Waals surface area contributed by atoms with Crippen LogP contribution in [-0.4, -0.2) is 48.4 Å². The second kappa shape index (κ2) is 8.35. The molecule has 1 amide bonds. The van der Waals surface area contributed by atoms with Gasteiger partial charge in [-0.25, -0.2) is 17.6 Å². The molecule has 0 saturated carbocycles. The minimum absolute atomic E-state index is 0.290. The molecule has 1 aliphatic rings. The molecule has 0 radical (unpaired) electrons. The Morgan fingerprint density at radius 3 is 2.26 bits per heavy atom. The number of hydrogen-bond acceptors (Lipinski definition) is 2. The third-order valence-electron chi connectivity index (χ3n) is 4.47. The highest BCUT2D eigenvalue weighted by atomic mass is 19.2. The van der Waals surface area contributed by atoms with Crippen LogP contribution in [-0.2, 0) is 0 Å². The summed E-state index contributed by atoms with van der Waals surface area (Å²) >= 11 is 0. The average Bonchev–Trinajstić information content (AvgIpc) is 2.70. The second-order valence-electron chi connectivity index (χ2n) is 6.25. The van der Waals surface area contributed by atoms with Crippen LogP contribution in [0.2, 0.25) is 0 Å². The molecule has 142 valence electrons. The van der Waals surface area contributed by atoms with Crippen molar-refractivity contribution in [3.8, 4) is 0 Å². The molecule has 27 heavy (non-hydrogen) atoms. The van der Waals surface area contributed by atoms with E-state index in [9.17, 15) is 22.4 Å². The number of nitrogens with zero attached hydrogens (tertiary/aromatic N) is 2. The first-order valence-corrected chi connectivity index (χ1v) is 8.53. The van der Waals surface area contributed by atoms with E-state index in [0.717, 1.165) is 5.56 Å². The van der Waals surface area contributed by atoms with Crippen molar-refractivity contribution in [1.82, 2.24) is 9.80 Å². The maximum absolute atomic E-state index is 13.8. The zero-order valence-corrected chi connectivity index (χ0v) is 14.5. The monoisotopic (exact) mass is 378 g/mol. The Kier molecular flexibility index (Phi) is 5.91. The predicted octanol–water partition coefficient (Wildman–Crippen LogP) is 3.71. The number of carbonyl (C=O) groups is 1. The molecule has 0 atom stereocenters. The first kappa shape index (κ1) is 19.1. The molecule has 2 aromatic rings. The lowest BCUT2D eigenvalue weighted by atomic mass is 10.1. The molecule has 0 N–H and O–H groups in total. The second-order valence-corrected chi connectivity index (χ2v) is 6.25. The van der Waals surface area contributed by atoms with Gasteiger partial charge in [0.15, 0.2) is 23.3 Å². The normalized spacial score (nSPS) is 15.5. The third-order valence-corrected chi connectivity index (χ3v) is 4.47. The molecule has 0 bridgehead atoms.